The molecule has 158 valence electrons. The number of nitrogens with one attached hydrogen (secondary N) is 1. The summed E-state index contributed by atoms with van der Waals surface area (Å²) in [4.78, 5) is 28.2. The number of aromatic nitrogens is 5. The summed E-state index contributed by atoms with van der Waals surface area (Å²) in [5.74, 6) is 0.706. The van der Waals surface area contributed by atoms with Crippen LogP contribution in [-0.4, -0.2) is 62.6 Å². The van der Waals surface area contributed by atoms with E-state index in [0.29, 0.717) is 11.4 Å². The van der Waals surface area contributed by atoms with Gasteiger partial charge in [0.15, 0.2) is 5.78 Å². The van der Waals surface area contributed by atoms with Gasteiger partial charge in [-0.3, -0.25) is 19.4 Å². The van der Waals surface area contributed by atoms with Crippen LogP contribution in [0.3, 0.4) is 0 Å². The van der Waals surface area contributed by atoms with E-state index in [9.17, 15) is 4.79 Å². The fraction of sp³-hybridized carbons (Fsp3) is 0.261. The Morgan fingerprint density at radius 2 is 1.90 bits per heavy atom. The average molecular weight is 416 g/mol. The number of carbonyl (C=O) groups excluding carboxylic acids is 1. The van der Waals surface area contributed by atoms with Crippen LogP contribution < -0.4 is 5.32 Å². The number of pyridine rings is 3. The van der Waals surface area contributed by atoms with Gasteiger partial charge in [0, 0.05) is 67.1 Å². The zero-order valence-corrected chi connectivity index (χ0v) is 17.9. The van der Waals surface area contributed by atoms with E-state index in [-0.39, 0.29) is 12.2 Å². The van der Waals surface area contributed by atoms with Crippen molar-refractivity contribution in [2.45, 2.75) is 6.42 Å². The molecule has 8 heteroatoms. The number of hydrogen-bond donors (Lipinski definition) is 1. The highest BCUT2D eigenvalue weighted by atomic mass is 16.1. The van der Waals surface area contributed by atoms with E-state index < -0.39 is 0 Å². The molecule has 4 rings (SSSR count). The van der Waals surface area contributed by atoms with Crippen molar-refractivity contribution in [2.75, 3.05) is 32.5 Å². The van der Waals surface area contributed by atoms with Gasteiger partial charge in [-0.1, -0.05) is 0 Å². The van der Waals surface area contributed by atoms with Crippen LogP contribution in [0.25, 0.3) is 22.0 Å². The van der Waals surface area contributed by atoms with Gasteiger partial charge in [0.1, 0.15) is 5.82 Å². The predicted molar refractivity (Wildman–Crippen MR) is 121 cm³/mol. The van der Waals surface area contributed by atoms with Crippen molar-refractivity contribution in [2.24, 2.45) is 7.05 Å². The number of ketones is 1. The minimum Gasteiger partial charge on any atom is -0.369 e. The predicted octanol–water partition coefficient (Wildman–Crippen LogP) is 2.82. The van der Waals surface area contributed by atoms with Crippen molar-refractivity contribution < 1.29 is 4.79 Å². The number of anilines is 1. The summed E-state index contributed by atoms with van der Waals surface area (Å²) in [6.07, 6.45) is 9.15. The third kappa shape index (κ3) is 5.10. The molecule has 0 atom stereocenters. The molecule has 4 heterocycles. The third-order valence-electron chi connectivity index (χ3n) is 4.95. The van der Waals surface area contributed by atoms with Gasteiger partial charge in [-0.25, -0.2) is 4.98 Å². The average Bonchev–Trinajstić information content (AvgIpc) is 3.19. The van der Waals surface area contributed by atoms with Crippen LogP contribution in [0.2, 0.25) is 0 Å². The number of carbonyl (C=O) groups is 1. The first kappa shape index (κ1) is 20.6. The second kappa shape index (κ2) is 9.01. The Labute approximate surface area is 181 Å². The molecular weight excluding hydrogens is 390 g/mol. The molecule has 0 aliphatic carbocycles. The lowest BCUT2D eigenvalue weighted by atomic mass is 10.1. The molecule has 4 aromatic heterocycles. The van der Waals surface area contributed by atoms with Crippen molar-refractivity contribution >= 4 is 22.4 Å². The van der Waals surface area contributed by atoms with E-state index in [2.05, 4.69) is 30.3 Å². The maximum atomic E-state index is 12.8. The van der Waals surface area contributed by atoms with Crippen molar-refractivity contribution in [3.05, 3.63) is 66.5 Å². The Hall–Kier alpha value is -3.65. The number of hydrogen-bond acceptors (Lipinski definition) is 7. The first-order valence-electron chi connectivity index (χ1n) is 10.1. The molecule has 4 aromatic rings. The van der Waals surface area contributed by atoms with Crippen LogP contribution in [0.15, 0.2) is 55.2 Å². The van der Waals surface area contributed by atoms with E-state index in [1.54, 1.807) is 41.6 Å². The Kier molecular flexibility index (Phi) is 5.99. The van der Waals surface area contributed by atoms with E-state index in [0.717, 1.165) is 40.8 Å². The van der Waals surface area contributed by atoms with Crippen LogP contribution in [0.5, 0.6) is 0 Å². The third-order valence-corrected chi connectivity index (χ3v) is 4.95. The lowest BCUT2D eigenvalue weighted by molar-refractivity contribution is 0.0992. The lowest BCUT2D eigenvalue weighted by Crippen LogP contribution is -2.21. The Balaban J connectivity index is 1.50. The number of nitrogens with zero attached hydrogens (tertiary/aromatic N) is 6. The van der Waals surface area contributed by atoms with Crippen molar-refractivity contribution in [1.82, 2.24) is 29.6 Å². The van der Waals surface area contributed by atoms with Gasteiger partial charge in [0.2, 0.25) is 0 Å². The van der Waals surface area contributed by atoms with E-state index in [1.165, 1.54) is 0 Å². The highest BCUT2D eigenvalue weighted by molar-refractivity contribution is 5.98. The zero-order valence-electron chi connectivity index (χ0n) is 17.9. The quantitative estimate of drug-likeness (QED) is 0.443. The standard InChI is InChI=1S/C23H25N7O/c1-29(2)7-6-25-23-10-16(4-5-24-23)22(31)11-20-8-17-9-21(19-14-28-30(3)15-19)27-13-18(17)12-26-20/h4-5,8-10,12-15H,6-7,11H2,1-3H3,(H,24,25). The van der Waals surface area contributed by atoms with E-state index in [4.69, 9.17) is 0 Å². The number of Topliss-reactive ketones (excluding diaryl/α,β-unsaturated/α-hetero) is 1. The molecule has 0 saturated heterocycles. The minimum atomic E-state index is 0.00597. The molecule has 1 N–H and O–H groups in total. The zero-order chi connectivity index (χ0) is 21.8. The molecular formula is C23H25N7O. The molecule has 8 nitrogen and oxygen atoms in total. The molecule has 0 radical (unpaired) electrons. The molecule has 0 bridgehead atoms. The number of likely N-dealkylation sites (N-methyl/N-ethyl adjacent to an activating group) is 1. The van der Waals surface area contributed by atoms with Crippen LogP contribution >= 0.6 is 0 Å². The molecule has 31 heavy (non-hydrogen) atoms. The van der Waals surface area contributed by atoms with Gasteiger partial charge in [-0.2, -0.15) is 5.10 Å². The monoisotopic (exact) mass is 415 g/mol. The summed E-state index contributed by atoms with van der Waals surface area (Å²) in [6, 6.07) is 7.49. The molecule has 0 aliphatic rings. The van der Waals surface area contributed by atoms with Crippen LogP contribution in [-0.2, 0) is 13.5 Å². The number of fused-ring (bicyclic) bond motifs is 1. The SMILES string of the molecule is CN(C)CCNc1cc(C(=O)Cc2cc3cc(-c4cnn(C)c4)ncc3cn2)ccn1. The Bertz CT molecular complexity index is 1220. The van der Waals surface area contributed by atoms with Crippen molar-refractivity contribution in [3.63, 3.8) is 0 Å². The highest BCUT2D eigenvalue weighted by Gasteiger charge is 2.11. The number of aryl methyl sites for hydroxylation is 1. The molecule has 0 amide bonds. The Morgan fingerprint density at radius 1 is 1.06 bits per heavy atom. The molecule has 0 unspecified atom stereocenters. The lowest BCUT2D eigenvalue weighted by Gasteiger charge is -2.11. The van der Waals surface area contributed by atoms with Crippen molar-refractivity contribution in [3.8, 4) is 11.3 Å². The molecule has 0 saturated carbocycles. The summed E-state index contributed by atoms with van der Waals surface area (Å²) in [5.41, 5.74) is 3.13. The summed E-state index contributed by atoms with van der Waals surface area (Å²) >= 11 is 0. The van der Waals surface area contributed by atoms with Gasteiger partial charge in [-0.15, -0.1) is 0 Å². The van der Waals surface area contributed by atoms with Crippen LogP contribution in [0.1, 0.15) is 16.1 Å². The van der Waals surface area contributed by atoms with Gasteiger partial charge in [-0.05, 0) is 43.7 Å². The maximum absolute atomic E-state index is 12.8. The second-order valence-corrected chi connectivity index (χ2v) is 7.75. The summed E-state index contributed by atoms with van der Waals surface area (Å²) in [5, 5.41) is 9.38. The summed E-state index contributed by atoms with van der Waals surface area (Å²) in [7, 11) is 5.91. The molecule has 0 spiro atoms. The summed E-state index contributed by atoms with van der Waals surface area (Å²) in [6.45, 7) is 1.65. The molecule has 0 aliphatic heterocycles. The maximum Gasteiger partial charge on any atom is 0.169 e. The fourth-order valence-electron chi connectivity index (χ4n) is 3.27. The Morgan fingerprint density at radius 3 is 2.68 bits per heavy atom. The van der Waals surface area contributed by atoms with Crippen LogP contribution in [0, 0.1) is 0 Å². The fourth-order valence-corrected chi connectivity index (χ4v) is 3.27. The molecule has 0 fully saturated rings. The van der Waals surface area contributed by atoms with E-state index >= 15 is 0 Å². The summed E-state index contributed by atoms with van der Waals surface area (Å²) < 4.78 is 1.75. The molecule has 0 aromatic carbocycles. The topological polar surface area (TPSA) is 88.8 Å². The van der Waals surface area contributed by atoms with Gasteiger partial charge in [0.05, 0.1) is 18.3 Å². The first-order valence-corrected chi connectivity index (χ1v) is 10.1. The van der Waals surface area contributed by atoms with Crippen molar-refractivity contribution in [1.29, 1.82) is 0 Å². The first-order chi connectivity index (χ1) is 15.0. The second-order valence-electron chi connectivity index (χ2n) is 7.75. The van der Waals surface area contributed by atoms with Gasteiger partial charge >= 0.3 is 0 Å². The van der Waals surface area contributed by atoms with Crippen LogP contribution in [0.4, 0.5) is 5.82 Å². The largest absolute Gasteiger partial charge is 0.369 e. The minimum absolute atomic E-state index is 0.00597. The van der Waals surface area contributed by atoms with Gasteiger partial charge < -0.3 is 10.2 Å². The smallest absolute Gasteiger partial charge is 0.169 e. The highest BCUT2D eigenvalue weighted by Crippen LogP contribution is 2.22. The number of rotatable bonds is 8. The van der Waals surface area contributed by atoms with Gasteiger partial charge in [0.25, 0.3) is 0 Å². The van der Waals surface area contributed by atoms with E-state index in [1.807, 2.05) is 39.5 Å². The normalized spacial score (nSPS) is 11.2.